The molecule has 3 nitrogen and oxygen atoms in total. The van der Waals surface area contributed by atoms with Crippen LogP contribution in [0.3, 0.4) is 0 Å². The third-order valence-electron chi connectivity index (χ3n) is 3.37. The monoisotopic (exact) mass is 257 g/mol. The zero-order chi connectivity index (χ0) is 12.8. The second kappa shape index (κ2) is 3.94. The van der Waals surface area contributed by atoms with Crippen molar-refractivity contribution in [3.63, 3.8) is 0 Å². The number of halogens is 2. The van der Waals surface area contributed by atoms with Crippen molar-refractivity contribution < 1.29 is 13.7 Å². The lowest BCUT2D eigenvalue weighted by molar-refractivity contribution is 0.00578. The molecule has 1 saturated heterocycles. The molecule has 6 heteroatoms. The standard InChI is InChI=1S/C11H14BClFNO2/c1-10(2)11(3,4)17-12(16-10)7-5-15-6-8(13)9(7)14/h5-6H,1-4H3. The Morgan fingerprint density at radius 3 is 2.24 bits per heavy atom. The van der Waals surface area contributed by atoms with E-state index >= 15 is 0 Å². The van der Waals surface area contributed by atoms with Crippen LogP contribution >= 0.6 is 11.6 Å². The van der Waals surface area contributed by atoms with Crippen LogP contribution in [-0.4, -0.2) is 23.3 Å². The maximum atomic E-state index is 13.8. The van der Waals surface area contributed by atoms with Gasteiger partial charge in [0.15, 0.2) is 0 Å². The fourth-order valence-corrected chi connectivity index (χ4v) is 1.73. The van der Waals surface area contributed by atoms with Crippen molar-refractivity contribution in [3.8, 4) is 0 Å². The summed E-state index contributed by atoms with van der Waals surface area (Å²) in [5.41, 5.74) is -0.782. The van der Waals surface area contributed by atoms with Crippen LogP contribution in [0.15, 0.2) is 12.4 Å². The Kier molecular flexibility index (Phi) is 2.96. The van der Waals surface area contributed by atoms with Crippen molar-refractivity contribution in [2.24, 2.45) is 0 Å². The summed E-state index contributed by atoms with van der Waals surface area (Å²) in [5, 5.41) is -0.0304. The van der Waals surface area contributed by atoms with E-state index in [9.17, 15) is 4.39 Å². The van der Waals surface area contributed by atoms with Gasteiger partial charge in [0.05, 0.1) is 16.2 Å². The predicted molar refractivity (Wildman–Crippen MR) is 64.9 cm³/mol. The lowest BCUT2D eigenvalue weighted by Crippen LogP contribution is -2.41. The van der Waals surface area contributed by atoms with Gasteiger partial charge in [0.25, 0.3) is 0 Å². The van der Waals surface area contributed by atoms with E-state index in [1.54, 1.807) is 0 Å². The van der Waals surface area contributed by atoms with Gasteiger partial charge in [-0.1, -0.05) is 11.6 Å². The molecule has 1 aliphatic rings. The van der Waals surface area contributed by atoms with Gasteiger partial charge in [-0.2, -0.15) is 0 Å². The minimum absolute atomic E-state index is 0.0304. The molecule has 0 spiro atoms. The van der Waals surface area contributed by atoms with E-state index in [1.165, 1.54) is 12.4 Å². The summed E-state index contributed by atoms with van der Waals surface area (Å²) in [4.78, 5) is 3.85. The number of hydrogen-bond donors (Lipinski definition) is 0. The Morgan fingerprint density at radius 1 is 1.18 bits per heavy atom. The fourth-order valence-electron chi connectivity index (χ4n) is 1.57. The molecule has 2 heterocycles. The van der Waals surface area contributed by atoms with E-state index < -0.39 is 24.1 Å². The van der Waals surface area contributed by atoms with Crippen molar-refractivity contribution >= 4 is 24.2 Å². The smallest absolute Gasteiger partial charge is 0.399 e. The second-order valence-corrected chi connectivity index (χ2v) is 5.52. The third-order valence-corrected chi connectivity index (χ3v) is 3.64. The van der Waals surface area contributed by atoms with Crippen LogP contribution in [0.2, 0.25) is 5.02 Å². The first-order valence-corrected chi connectivity index (χ1v) is 5.77. The summed E-state index contributed by atoms with van der Waals surface area (Å²) in [6, 6.07) is 0. The summed E-state index contributed by atoms with van der Waals surface area (Å²) in [6.45, 7) is 7.62. The molecule has 17 heavy (non-hydrogen) atoms. The van der Waals surface area contributed by atoms with Gasteiger partial charge in [-0.15, -0.1) is 0 Å². The summed E-state index contributed by atoms with van der Waals surface area (Å²) >= 11 is 5.69. The molecule has 0 unspecified atom stereocenters. The number of rotatable bonds is 1. The number of hydrogen-bond acceptors (Lipinski definition) is 3. The molecule has 0 aliphatic carbocycles. The molecule has 0 aromatic carbocycles. The normalized spacial score (nSPS) is 21.9. The van der Waals surface area contributed by atoms with Crippen LogP contribution in [0.5, 0.6) is 0 Å². The number of aromatic nitrogens is 1. The molecule has 1 fully saturated rings. The molecular weight excluding hydrogens is 243 g/mol. The first kappa shape index (κ1) is 12.8. The number of pyridine rings is 1. The van der Waals surface area contributed by atoms with E-state index in [2.05, 4.69) is 4.98 Å². The van der Waals surface area contributed by atoms with Gasteiger partial charge in [0.1, 0.15) is 5.82 Å². The SMILES string of the molecule is CC1(C)OB(c2cncc(Cl)c2F)OC1(C)C. The van der Waals surface area contributed by atoms with Gasteiger partial charge >= 0.3 is 7.12 Å². The summed E-state index contributed by atoms with van der Waals surface area (Å²) in [7, 11) is -0.772. The topological polar surface area (TPSA) is 31.4 Å². The van der Waals surface area contributed by atoms with Gasteiger partial charge < -0.3 is 9.31 Å². The molecule has 0 bridgehead atoms. The maximum Gasteiger partial charge on any atom is 0.499 e. The molecular formula is C11H14BClFNO2. The summed E-state index contributed by atoms with van der Waals surface area (Å²) in [5.74, 6) is -0.542. The minimum atomic E-state index is -0.772. The highest BCUT2D eigenvalue weighted by atomic mass is 35.5. The highest BCUT2D eigenvalue weighted by Gasteiger charge is 2.52. The Hall–Kier alpha value is -0.645. The first-order chi connectivity index (χ1) is 7.74. The van der Waals surface area contributed by atoms with Gasteiger partial charge in [-0.25, -0.2) is 4.39 Å². The predicted octanol–water partition coefficient (Wildman–Crippen LogP) is 2.17. The van der Waals surface area contributed by atoms with E-state index in [0.29, 0.717) is 0 Å². The van der Waals surface area contributed by atoms with Crippen molar-refractivity contribution in [3.05, 3.63) is 23.2 Å². The third kappa shape index (κ3) is 2.07. The van der Waals surface area contributed by atoms with Crippen molar-refractivity contribution in [1.82, 2.24) is 4.98 Å². The lowest BCUT2D eigenvalue weighted by Gasteiger charge is -2.32. The maximum absolute atomic E-state index is 13.8. The highest BCUT2D eigenvalue weighted by molar-refractivity contribution is 6.62. The molecule has 1 aliphatic heterocycles. The van der Waals surface area contributed by atoms with Gasteiger partial charge in [0, 0.05) is 17.9 Å². The number of nitrogens with zero attached hydrogens (tertiary/aromatic N) is 1. The largest absolute Gasteiger partial charge is 0.499 e. The quantitative estimate of drug-likeness (QED) is 0.723. The van der Waals surface area contributed by atoms with Crippen LogP contribution in [0.1, 0.15) is 27.7 Å². The van der Waals surface area contributed by atoms with E-state index in [4.69, 9.17) is 20.9 Å². The summed E-state index contributed by atoms with van der Waals surface area (Å²) < 4.78 is 25.3. The molecule has 0 N–H and O–H groups in total. The molecule has 0 saturated carbocycles. The molecule has 0 amide bonds. The lowest BCUT2D eigenvalue weighted by atomic mass is 9.80. The molecule has 1 aromatic heterocycles. The van der Waals surface area contributed by atoms with Crippen molar-refractivity contribution in [2.45, 2.75) is 38.9 Å². The van der Waals surface area contributed by atoms with Crippen LogP contribution in [-0.2, 0) is 9.31 Å². The van der Waals surface area contributed by atoms with E-state index in [0.717, 1.165) is 0 Å². The Labute approximate surface area is 105 Å². The Bertz CT molecular complexity index is 437. The van der Waals surface area contributed by atoms with Crippen molar-refractivity contribution in [2.75, 3.05) is 0 Å². The molecule has 92 valence electrons. The highest BCUT2D eigenvalue weighted by Crippen LogP contribution is 2.36. The van der Waals surface area contributed by atoms with Crippen LogP contribution < -0.4 is 5.46 Å². The van der Waals surface area contributed by atoms with Gasteiger partial charge in [-0.05, 0) is 27.7 Å². The average Bonchev–Trinajstić information content (AvgIpc) is 2.40. The Morgan fingerprint density at radius 2 is 1.71 bits per heavy atom. The van der Waals surface area contributed by atoms with Gasteiger partial charge in [0.2, 0.25) is 0 Å². The molecule has 1 aromatic rings. The minimum Gasteiger partial charge on any atom is -0.399 e. The van der Waals surface area contributed by atoms with Crippen LogP contribution in [0, 0.1) is 5.82 Å². The zero-order valence-electron chi connectivity index (χ0n) is 10.3. The molecule has 2 rings (SSSR count). The van der Waals surface area contributed by atoms with Crippen LogP contribution in [0.25, 0.3) is 0 Å². The zero-order valence-corrected chi connectivity index (χ0v) is 11.0. The van der Waals surface area contributed by atoms with E-state index in [1.807, 2.05) is 27.7 Å². The van der Waals surface area contributed by atoms with Crippen molar-refractivity contribution in [1.29, 1.82) is 0 Å². The van der Waals surface area contributed by atoms with Crippen LogP contribution in [0.4, 0.5) is 4.39 Å². The fraction of sp³-hybridized carbons (Fsp3) is 0.545. The molecule has 0 radical (unpaired) electrons. The molecule has 0 atom stereocenters. The Balaban J connectivity index is 2.36. The first-order valence-electron chi connectivity index (χ1n) is 5.39. The summed E-state index contributed by atoms with van der Waals surface area (Å²) in [6.07, 6.45) is 2.63. The average molecular weight is 258 g/mol. The van der Waals surface area contributed by atoms with E-state index in [-0.39, 0.29) is 10.5 Å². The van der Waals surface area contributed by atoms with Gasteiger partial charge in [-0.3, -0.25) is 4.98 Å². The second-order valence-electron chi connectivity index (χ2n) is 5.11.